The Morgan fingerprint density at radius 3 is 2.62 bits per heavy atom. The average molecular weight is 323 g/mol. The SMILES string of the molecule is Cc1cc(C(=O)Nc2nnc(-c3cc4ccccc4o3)o2)c(C)o1. The first-order valence-corrected chi connectivity index (χ1v) is 7.31. The fourth-order valence-electron chi connectivity index (χ4n) is 2.48. The summed E-state index contributed by atoms with van der Waals surface area (Å²) in [6, 6.07) is 11.0. The summed E-state index contributed by atoms with van der Waals surface area (Å²) in [5.74, 6) is 1.46. The molecule has 0 spiro atoms. The molecule has 0 aliphatic heterocycles. The first-order valence-electron chi connectivity index (χ1n) is 7.31. The number of furan rings is 2. The first kappa shape index (κ1) is 14.3. The second-order valence-corrected chi connectivity index (χ2v) is 5.34. The van der Waals surface area contributed by atoms with Gasteiger partial charge in [0.1, 0.15) is 17.1 Å². The molecule has 120 valence electrons. The third kappa shape index (κ3) is 2.45. The van der Waals surface area contributed by atoms with Gasteiger partial charge in [0.2, 0.25) is 0 Å². The number of amides is 1. The van der Waals surface area contributed by atoms with E-state index in [0.29, 0.717) is 22.8 Å². The molecule has 24 heavy (non-hydrogen) atoms. The van der Waals surface area contributed by atoms with Gasteiger partial charge in [-0.1, -0.05) is 23.3 Å². The van der Waals surface area contributed by atoms with Crippen LogP contribution in [0.3, 0.4) is 0 Å². The van der Waals surface area contributed by atoms with Gasteiger partial charge in [-0.2, -0.15) is 0 Å². The summed E-state index contributed by atoms with van der Waals surface area (Å²) in [6.45, 7) is 3.49. The van der Waals surface area contributed by atoms with Crippen molar-refractivity contribution in [2.75, 3.05) is 5.32 Å². The predicted molar refractivity (Wildman–Crippen MR) is 85.6 cm³/mol. The summed E-state index contributed by atoms with van der Waals surface area (Å²) < 4.78 is 16.5. The molecule has 0 radical (unpaired) electrons. The number of aromatic nitrogens is 2. The van der Waals surface area contributed by atoms with E-state index in [2.05, 4.69) is 15.5 Å². The van der Waals surface area contributed by atoms with E-state index >= 15 is 0 Å². The third-order valence-corrected chi connectivity index (χ3v) is 3.57. The van der Waals surface area contributed by atoms with E-state index < -0.39 is 0 Å². The molecule has 1 amide bonds. The van der Waals surface area contributed by atoms with Crippen molar-refractivity contribution >= 4 is 22.9 Å². The van der Waals surface area contributed by atoms with Crippen LogP contribution >= 0.6 is 0 Å². The Morgan fingerprint density at radius 1 is 1.04 bits per heavy atom. The lowest BCUT2D eigenvalue weighted by Crippen LogP contribution is -2.12. The summed E-state index contributed by atoms with van der Waals surface area (Å²) in [4.78, 5) is 12.2. The second kappa shape index (κ2) is 5.38. The minimum Gasteiger partial charge on any atom is -0.466 e. The second-order valence-electron chi connectivity index (χ2n) is 5.34. The zero-order valence-electron chi connectivity index (χ0n) is 13.0. The number of benzene rings is 1. The van der Waals surface area contributed by atoms with Crippen LogP contribution in [0.15, 0.2) is 49.6 Å². The molecule has 7 nitrogen and oxygen atoms in total. The third-order valence-electron chi connectivity index (χ3n) is 3.57. The van der Waals surface area contributed by atoms with E-state index in [0.717, 1.165) is 11.0 Å². The van der Waals surface area contributed by atoms with E-state index in [1.165, 1.54) is 0 Å². The molecule has 0 saturated carbocycles. The maximum Gasteiger partial charge on any atom is 0.322 e. The summed E-state index contributed by atoms with van der Waals surface area (Å²) in [6.07, 6.45) is 0. The molecule has 0 saturated heterocycles. The number of rotatable bonds is 3. The van der Waals surface area contributed by atoms with Crippen molar-refractivity contribution in [3.63, 3.8) is 0 Å². The van der Waals surface area contributed by atoms with Crippen molar-refractivity contribution in [1.82, 2.24) is 10.2 Å². The van der Waals surface area contributed by atoms with E-state index in [1.54, 1.807) is 26.0 Å². The zero-order valence-corrected chi connectivity index (χ0v) is 13.0. The minimum atomic E-state index is -0.371. The van der Waals surface area contributed by atoms with Crippen molar-refractivity contribution in [2.45, 2.75) is 13.8 Å². The van der Waals surface area contributed by atoms with Gasteiger partial charge in [-0.15, -0.1) is 5.10 Å². The van der Waals surface area contributed by atoms with Crippen molar-refractivity contribution in [1.29, 1.82) is 0 Å². The van der Waals surface area contributed by atoms with Crippen LogP contribution in [0.2, 0.25) is 0 Å². The molecule has 3 aromatic heterocycles. The Balaban J connectivity index is 1.58. The number of carbonyl (C=O) groups excluding carboxylic acids is 1. The summed E-state index contributed by atoms with van der Waals surface area (Å²) in [7, 11) is 0. The molecule has 7 heteroatoms. The van der Waals surface area contributed by atoms with Crippen LogP contribution in [-0.4, -0.2) is 16.1 Å². The fourth-order valence-corrected chi connectivity index (χ4v) is 2.48. The fraction of sp³-hybridized carbons (Fsp3) is 0.118. The molecular formula is C17H13N3O4. The molecule has 0 unspecified atom stereocenters. The standard InChI is InChI=1S/C17H13N3O4/c1-9-7-12(10(2)22-9)15(21)18-17-20-19-16(24-17)14-8-11-5-3-4-6-13(11)23-14/h3-8H,1-2H3,(H,18,20,21). The van der Waals surface area contributed by atoms with E-state index in [9.17, 15) is 4.79 Å². The van der Waals surface area contributed by atoms with Crippen LogP contribution in [0.5, 0.6) is 0 Å². The van der Waals surface area contributed by atoms with E-state index in [-0.39, 0.29) is 17.8 Å². The van der Waals surface area contributed by atoms with Gasteiger partial charge in [-0.3, -0.25) is 10.1 Å². The number of para-hydroxylation sites is 1. The predicted octanol–water partition coefficient (Wildman–Crippen LogP) is 3.94. The average Bonchev–Trinajstić information content (AvgIpc) is 3.24. The molecule has 1 N–H and O–H groups in total. The molecular weight excluding hydrogens is 310 g/mol. The summed E-state index contributed by atoms with van der Waals surface area (Å²) in [5, 5.41) is 11.2. The lowest BCUT2D eigenvalue weighted by molar-refractivity contribution is 0.102. The highest BCUT2D eigenvalue weighted by Crippen LogP contribution is 2.27. The van der Waals surface area contributed by atoms with Gasteiger partial charge < -0.3 is 13.3 Å². The Kier molecular flexibility index (Phi) is 3.19. The van der Waals surface area contributed by atoms with Gasteiger partial charge >= 0.3 is 6.01 Å². The first-order chi connectivity index (χ1) is 11.6. The maximum absolute atomic E-state index is 12.2. The largest absolute Gasteiger partial charge is 0.466 e. The molecule has 4 rings (SSSR count). The topological polar surface area (TPSA) is 94.3 Å². The number of anilines is 1. The molecule has 3 heterocycles. The molecule has 1 aromatic carbocycles. The van der Waals surface area contributed by atoms with Gasteiger partial charge in [0.05, 0.1) is 5.56 Å². The normalized spacial score (nSPS) is 11.1. The number of carbonyl (C=O) groups is 1. The van der Waals surface area contributed by atoms with Gasteiger partial charge in [0.25, 0.3) is 11.8 Å². The molecule has 0 bridgehead atoms. The van der Waals surface area contributed by atoms with Crippen LogP contribution in [-0.2, 0) is 0 Å². The highest BCUT2D eigenvalue weighted by molar-refractivity contribution is 6.03. The lowest BCUT2D eigenvalue weighted by atomic mass is 10.2. The number of hydrogen-bond acceptors (Lipinski definition) is 6. The Bertz CT molecular complexity index is 1010. The van der Waals surface area contributed by atoms with Crippen molar-refractivity contribution in [3.05, 3.63) is 53.5 Å². The zero-order chi connectivity index (χ0) is 16.7. The van der Waals surface area contributed by atoms with Crippen molar-refractivity contribution in [2.24, 2.45) is 0 Å². The number of fused-ring (bicyclic) bond motifs is 1. The number of aryl methyl sites for hydroxylation is 2. The van der Waals surface area contributed by atoms with E-state index in [1.807, 2.05) is 24.3 Å². The number of nitrogens with zero attached hydrogens (tertiary/aromatic N) is 2. The Morgan fingerprint density at radius 2 is 1.88 bits per heavy atom. The Labute approximate surface area is 136 Å². The van der Waals surface area contributed by atoms with Gasteiger partial charge in [-0.25, -0.2) is 0 Å². The molecule has 0 fully saturated rings. The highest BCUT2D eigenvalue weighted by Gasteiger charge is 2.18. The number of nitrogens with one attached hydrogen (secondary N) is 1. The minimum absolute atomic E-state index is 0.00582. The highest BCUT2D eigenvalue weighted by atomic mass is 16.4. The van der Waals surface area contributed by atoms with Crippen LogP contribution in [0, 0.1) is 13.8 Å². The molecule has 0 aliphatic carbocycles. The van der Waals surface area contributed by atoms with Crippen LogP contribution in [0.4, 0.5) is 6.01 Å². The smallest absolute Gasteiger partial charge is 0.322 e. The van der Waals surface area contributed by atoms with Gasteiger partial charge in [0.15, 0.2) is 5.76 Å². The quantitative estimate of drug-likeness (QED) is 0.613. The lowest BCUT2D eigenvalue weighted by Gasteiger charge is -1.97. The molecule has 4 aromatic rings. The monoisotopic (exact) mass is 323 g/mol. The van der Waals surface area contributed by atoms with Crippen LogP contribution < -0.4 is 5.32 Å². The molecule has 0 atom stereocenters. The van der Waals surface area contributed by atoms with E-state index in [4.69, 9.17) is 13.3 Å². The number of hydrogen-bond donors (Lipinski definition) is 1. The molecule has 0 aliphatic rings. The van der Waals surface area contributed by atoms with Crippen LogP contribution in [0.1, 0.15) is 21.9 Å². The van der Waals surface area contributed by atoms with Gasteiger partial charge in [-0.05, 0) is 32.0 Å². The summed E-state index contributed by atoms with van der Waals surface area (Å²) in [5.41, 5.74) is 1.15. The van der Waals surface area contributed by atoms with Crippen molar-refractivity contribution < 1.29 is 18.0 Å². The van der Waals surface area contributed by atoms with Crippen LogP contribution in [0.25, 0.3) is 22.6 Å². The Hall–Kier alpha value is -3.35. The summed E-state index contributed by atoms with van der Waals surface area (Å²) >= 11 is 0. The maximum atomic E-state index is 12.2. The van der Waals surface area contributed by atoms with Gasteiger partial charge in [0, 0.05) is 5.39 Å². The van der Waals surface area contributed by atoms with Crippen molar-refractivity contribution in [3.8, 4) is 11.7 Å².